The fourth-order valence-electron chi connectivity index (χ4n) is 1.16. The molecule has 0 saturated heterocycles. The van der Waals surface area contributed by atoms with Gasteiger partial charge < -0.3 is 4.42 Å². The zero-order valence-electron chi connectivity index (χ0n) is 6.98. The molecule has 4 heteroatoms. The molecule has 0 saturated carbocycles. The highest BCUT2D eigenvalue weighted by Gasteiger charge is 2.10. The summed E-state index contributed by atoms with van der Waals surface area (Å²) >= 11 is 1.18. The number of hydrogen-bond acceptors (Lipinski definition) is 4. The van der Waals surface area contributed by atoms with Crippen molar-refractivity contribution < 1.29 is 9.21 Å². The molecule has 1 aromatic carbocycles. The molecule has 0 radical (unpaired) electrons. The molecule has 66 valence electrons. The van der Waals surface area contributed by atoms with Crippen LogP contribution < -0.4 is 0 Å². The van der Waals surface area contributed by atoms with Gasteiger partial charge in [-0.25, -0.2) is 4.98 Å². The third-order valence-electron chi connectivity index (χ3n) is 1.77. The van der Waals surface area contributed by atoms with Crippen LogP contribution in [0.25, 0.3) is 11.1 Å². The molecule has 0 N–H and O–H groups in total. The van der Waals surface area contributed by atoms with Crippen molar-refractivity contribution in [2.24, 2.45) is 0 Å². The van der Waals surface area contributed by atoms with Gasteiger partial charge in [-0.1, -0.05) is 17.8 Å². The number of thioether (sulfide) groups is 1. The highest BCUT2D eigenvalue weighted by Crippen LogP contribution is 2.20. The average molecular weight is 193 g/mol. The van der Waals surface area contributed by atoms with Gasteiger partial charge in [0.2, 0.25) is 5.12 Å². The number of benzene rings is 1. The number of fused-ring (bicyclic) bond motifs is 1. The molecular weight excluding hydrogens is 186 g/mol. The lowest BCUT2D eigenvalue weighted by atomic mass is 10.2. The monoisotopic (exact) mass is 193 g/mol. The topological polar surface area (TPSA) is 43.1 Å². The molecule has 0 bridgehead atoms. The number of aromatic nitrogens is 1. The molecule has 0 spiro atoms. The molecule has 2 rings (SSSR count). The first-order valence-electron chi connectivity index (χ1n) is 3.73. The van der Waals surface area contributed by atoms with E-state index >= 15 is 0 Å². The minimum Gasteiger partial charge on any atom is -0.443 e. The SMILES string of the molecule is CSC(=O)c1cccc2ocnc12. The predicted octanol–water partition coefficient (Wildman–Crippen LogP) is 2.33. The van der Waals surface area contributed by atoms with Gasteiger partial charge in [-0.3, -0.25) is 4.79 Å². The van der Waals surface area contributed by atoms with Crippen molar-refractivity contribution in [3.63, 3.8) is 0 Å². The van der Waals surface area contributed by atoms with E-state index in [0.717, 1.165) is 0 Å². The first-order chi connectivity index (χ1) is 6.33. The summed E-state index contributed by atoms with van der Waals surface area (Å²) in [5, 5.41) is 0.0134. The number of nitrogens with zero attached hydrogens (tertiary/aromatic N) is 1. The molecule has 1 heterocycles. The molecule has 0 atom stereocenters. The van der Waals surface area contributed by atoms with E-state index < -0.39 is 0 Å². The second-order valence-electron chi connectivity index (χ2n) is 2.50. The number of oxazole rings is 1. The summed E-state index contributed by atoms with van der Waals surface area (Å²) < 4.78 is 5.08. The Morgan fingerprint density at radius 1 is 1.54 bits per heavy atom. The van der Waals surface area contributed by atoms with Crippen molar-refractivity contribution in [2.45, 2.75) is 0 Å². The van der Waals surface area contributed by atoms with Crippen LogP contribution in [-0.4, -0.2) is 16.4 Å². The maximum absolute atomic E-state index is 11.4. The standard InChI is InChI=1S/C9H7NO2S/c1-13-9(11)6-3-2-4-7-8(6)10-5-12-7/h2-5H,1H3. The molecular formula is C9H7NO2S. The highest BCUT2D eigenvalue weighted by atomic mass is 32.2. The van der Waals surface area contributed by atoms with E-state index in [-0.39, 0.29) is 5.12 Å². The van der Waals surface area contributed by atoms with Crippen LogP contribution in [0.3, 0.4) is 0 Å². The fraction of sp³-hybridized carbons (Fsp3) is 0.111. The Morgan fingerprint density at radius 3 is 3.15 bits per heavy atom. The summed E-state index contributed by atoms with van der Waals surface area (Å²) in [5.74, 6) is 0. The Labute approximate surface area is 79.1 Å². The minimum atomic E-state index is 0.0134. The van der Waals surface area contributed by atoms with Crippen molar-refractivity contribution in [2.75, 3.05) is 6.26 Å². The van der Waals surface area contributed by atoms with Crippen LogP contribution in [0, 0.1) is 0 Å². The average Bonchev–Trinajstić information content (AvgIpc) is 2.63. The van der Waals surface area contributed by atoms with Gasteiger partial charge in [0.25, 0.3) is 0 Å². The fourth-order valence-corrected chi connectivity index (χ4v) is 1.55. The van der Waals surface area contributed by atoms with Crippen LogP contribution in [0.1, 0.15) is 10.4 Å². The molecule has 0 fully saturated rings. The maximum Gasteiger partial charge on any atom is 0.221 e. The molecule has 0 unspecified atom stereocenters. The Bertz CT molecular complexity index is 450. The third-order valence-corrected chi connectivity index (χ3v) is 2.36. The van der Waals surface area contributed by atoms with E-state index in [1.54, 1.807) is 24.5 Å². The van der Waals surface area contributed by atoms with Crippen molar-refractivity contribution in [1.82, 2.24) is 4.98 Å². The largest absolute Gasteiger partial charge is 0.443 e. The Kier molecular flexibility index (Phi) is 2.06. The van der Waals surface area contributed by atoms with Gasteiger partial charge in [0.1, 0.15) is 5.52 Å². The minimum absolute atomic E-state index is 0.0134. The number of rotatable bonds is 1. The van der Waals surface area contributed by atoms with Gasteiger partial charge in [0.15, 0.2) is 12.0 Å². The zero-order chi connectivity index (χ0) is 9.26. The highest BCUT2D eigenvalue weighted by molar-refractivity contribution is 8.13. The molecule has 0 amide bonds. The number of para-hydroxylation sites is 1. The third kappa shape index (κ3) is 1.33. The van der Waals surface area contributed by atoms with E-state index in [9.17, 15) is 4.79 Å². The second-order valence-corrected chi connectivity index (χ2v) is 3.28. The van der Waals surface area contributed by atoms with E-state index in [0.29, 0.717) is 16.7 Å². The lowest BCUT2D eigenvalue weighted by Crippen LogP contribution is -1.92. The molecule has 13 heavy (non-hydrogen) atoms. The summed E-state index contributed by atoms with van der Waals surface area (Å²) in [6.45, 7) is 0. The lowest BCUT2D eigenvalue weighted by Gasteiger charge is -1.95. The molecule has 0 aliphatic heterocycles. The van der Waals surface area contributed by atoms with Crippen LogP contribution in [0.2, 0.25) is 0 Å². The van der Waals surface area contributed by atoms with Gasteiger partial charge >= 0.3 is 0 Å². The quantitative estimate of drug-likeness (QED) is 0.697. The molecule has 0 aliphatic carbocycles. The first-order valence-corrected chi connectivity index (χ1v) is 4.96. The van der Waals surface area contributed by atoms with Crippen molar-refractivity contribution in [1.29, 1.82) is 0 Å². The maximum atomic E-state index is 11.4. The number of carbonyl (C=O) groups excluding carboxylic acids is 1. The Morgan fingerprint density at radius 2 is 2.38 bits per heavy atom. The molecule has 2 aromatic rings. The predicted molar refractivity (Wildman–Crippen MR) is 51.9 cm³/mol. The van der Waals surface area contributed by atoms with Gasteiger partial charge in [0.05, 0.1) is 5.56 Å². The zero-order valence-corrected chi connectivity index (χ0v) is 7.80. The molecule has 0 aliphatic rings. The van der Waals surface area contributed by atoms with E-state index in [1.165, 1.54) is 18.2 Å². The molecule has 3 nitrogen and oxygen atoms in total. The Balaban J connectivity index is 2.67. The summed E-state index contributed by atoms with van der Waals surface area (Å²) in [4.78, 5) is 15.4. The normalized spacial score (nSPS) is 10.5. The van der Waals surface area contributed by atoms with Gasteiger partial charge in [-0.15, -0.1) is 0 Å². The summed E-state index contributed by atoms with van der Waals surface area (Å²) in [6, 6.07) is 5.33. The van der Waals surface area contributed by atoms with Crippen molar-refractivity contribution >= 4 is 28.0 Å². The van der Waals surface area contributed by atoms with E-state index in [2.05, 4.69) is 4.98 Å². The van der Waals surface area contributed by atoms with Crippen LogP contribution in [-0.2, 0) is 0 Å². The van der Waals surface area contributed by atoms with Gasteiger partial charge in [0, 0.05) is 0 Å². The van der Waals surface area contributed by atoms with Crippen LogP contribution in [0.5, 0.6) is 0 Å². The lowest BCUT2D eigenvalue weighted by molar-refractivity contribution is 0.109. The van der Waals surface area contributed by atoms with Crippen molar-refractivity contribution in [3.05, 3.63) is 30.2 Å². The smallest absolute Gasteiger partial charge is 0.221 e. The van der Waals surface area contributed by atoms with E-state index in [4.69, 9.17) is 4.42 Å². The van der Waals surface area contributed by atoms with Crippen molar-refractivity contribution in [3.8, 4) is 0 Å². The van der Waals surface area contributed by atoms with Crippen LogP contribution >= 0.6 is 11.8 Å². The Hall–Kier alpha value is -1.29. The van der Waals surface area contributed by atoms with Crippen LogP contribution in [0.4, 0.5) is 0 Å². The van der Waals surface area contributed by atoms with Crippen LogP contribution in [0.15, 0.2) is 29.0 Å². The summed E-state index contributed by atoms with van der Waals surface area (Å²) in [6.07, 6.45) is 3.10. The summed E-state index contributed by atoms with van der Waals surface area (Å²) in [5.41, 5.74) is 1.90. The number of carbonyl (C=O) groups is 1. The molecule has 1 aromatic heterocycles. The number of hydrogen-bond donors (Lipinski definition) is 0. The van der Waals surface area contributed by atoms with E-state index in [1.807, 2.05) is 0 Å². The summed E-state index contributed by atoms with van der Waals surface area (Å²) in [7, 11) is 0. The van der Waals surface area contributed by atoms with Gasteiger partial charge in [-0.2, -0.15) is 0 Å². The second kappa shape index (κ2) is 3.22. The van der Waals surface area contributed by atoms with Gasteiger partial charge in [-0.05, 0) is 18.4 Å². The first kappa shape index (κ1) is 8.31.